The Bertz CT molecular complexity index is 391. The van der Waals surface area contributed by atoms with Crippen molar-refractivity contribution in [1.29, 1.82) is 0 Å². The van der Waals surface area contributed by atoms with Crippen molar-refractivity contribution in [2.24, 2.45) is 0 Å². The zero-order chi connectivity index (χ0) is 11.4. The summed E-state index contributed by atoms with van der Waals surface area (Å²) in [5, 5.41) is 1.19. The lowest BCUT2D eigenvalue weighted by atomic mass is 10.1. The van der Waals surface area contributed by atoms with Crippen LogP contribution in [0.15, 0.2) is 30.3 Å². The van der Waals surface area contributed by atoms with E-state index in [1.807, 2.05) is 30.3 Å². The number of hydrogen-bond donors (Lipinski definition) is 1. The number of carbonyl (C=O) groups excluding carboxylic acids is 2. The highest BCUT2D eigenvalue weighted by molar-refractivity contribution is 5.81. The summed E-state index contributed by atoms with van der Waals surface area (Å²) in [5.41, 5.74) is 3.41. The normalized spacial score (nSPS) is 14.8. The summed E-state index contributed by atoms with van der Waals surface area (Å²) in [6, 6.07) is 9.35. The van der Waals surface area contributed by atoms with Crippen LogP contribution in [0.4, 0.5) is 4.79 Å². The molecule has 2 rings (SSSR count). The number of nitrogens with one attached hydrogen (secondary N) is 1. The Balaban J connectivity index is 1.87. The van der Waals surface area contributed by atoms with Crippen molar-refractivity contribution in [3.8, 4) is 0 Å². The molecule has 0 radical (unpaired) electrons. The average Bonchev–Trinajstić information content (AvgIpc) is 2.66. The fourth-order valence-corrected chi connectivity index (χ4v) is 1.47. The summed E-state index contributed by atoms with van der Waals surface area (Å²) >= 11 is 0. The molecule has 0 unspecified atom stereocenters. The summed E-state index contributed by atoms with van der Waals surface area (Å²) in [6.07, 6.45) is -0.244. The van der Waals surface area contributed by atoms with Crippen LogP contribution in [-0.4, -0.2) is 30.2 Å². The molecule has 0 saturated carbocycles. The first-order valence-electron chi connectivity index (χ1n) is 5.03. The van der Waals surface area contributed by atoms with Crippen molar-refractivity contribution < 1.29 is 14.3 Å². The van der Waals surface area contributed by atoms with Gasteiger partial charge in [-0.3, -0.25) is 10.2 Å². The first-order valence-corrected chi connectivity index (χ1v) is 5.03. The van der Waals surface area contributed by atoms with Gasteiger partial charge in [0, 0.05) is 0 Å². The van der Waals surface area contributed by atoms with Gasteiger partial charge in [-0.15, -0.1) is 0 Å². The molecule has 1 saturated heterocycles. The Kier molecular flexibility index (Phi) is 3.05. The number of nitrogens with zero attached hydrogens (tertiary/aromatic N) is 1. The molecule has 0 spiro atoms. The van der Waals surface area contributed by atoms with Gasteiger partial charge in [-0.25, -0.2) is 9.80 Å². The smallest absolute Gasteiger partial charge is 0.428 e. The fourth-order valence-electron chi connectivity index (χ4n) is 1.47. The highest BCUT2D eigenvalue weighted by atomic mass is 16.6. The number of amides is 2. The van der Waals surface area contributed by atoms with Crippen molar-refractivity contribution >= 4 is 12.0 Å². The molecular weight excluding hydrogens is 208 g/mol. The van der Waals surface area contributed by atoms with Crippen LogP contribution < -0.4 is 5.43 Å². The van der Waals surface area contributed by atoms with E-state index in [-0.39, 0.29) is 12.3 Å². The zero-order valence-electron chi connectivity index (χ0n) is 8.68. The SMILES string of the molecule is O=C(Cc1ccccc1)NN1CCOC1=O. The number of rotatable bonds is 3. The molecule has 1 aliphatic rings. The van der Waals surface area contributed by atoms with Gasteiger partial charge in [0.05, 0.1) is 13.0 Å². The molecule has 84 valence electrons. The zero-order valence-corrected chi connectivity index (χ0v) is 8.68. The monoisotopic (exact) mass is 220 g/mol. The lowest BCUT2D eigenvalue weighted by molar-refractivity contribution is -0.123. The molecule has 0 aliphatic carbocycles. The summed E-state index contributed by atoms with van der Waals surface area (Å²) in [7, 11) is 0. The van der Waals surface area contributed by atoms with Crippen LogP contribution in [0.5, 0.6) is 0 Å². The van der Waals surface area contributed by atoms with E-state index in [0.717, 1.165) is 5.56 Å². The second-order valence-electron chi connectivity index (χ2n) is 3.46. The predicted octanol–water partition coefficient (Wildman–Crippen LogP) is 0.712. The lowest BCUT2D eigenvalue weighted by Crippen LogP contribution is -2.43. The van der Waals surface area contributed by atoms with Gasteiger partial charge in [0.2, 0.25) is 5.91 Å². The van der Waals surface area contributed by atoms with E-state index in [2.05, 4.69) is 10.2 Å². The molecule has 0 bridgehead atoms. The van der Waals surface area contributed by atoms with E-state index in [1.165, 1.54) is 5.01 Å². The van der Waals surface area contributed by atoms with Crippen molar-refractivity contribution in [3.63, 3.8) is 0 Å². The minimum atomic E-state index is -0.499. The first-order chi connectivity index (χ1) is 7.75. The number of benzene rings is 1. The van der Waals surface area contributed by atoms with Crippen LogP contribution in [0.25, 0.3) is 0 Å². The van der Waals surface area contributed by atoms with Crippen molar-refractivity contribution in [1.82, 2.24) is 10.4 Å². The Morgan fingerprint density at radius 2 is 2.12 bits per heavy atom. The van der Waals surface area contributed by atoms with E-state index in [0.29, 0.717) is 13.2 Å². The second kappa shape index (κ2) is 4.65. The van der Waals surface area contributed by atoms with E-state index in [1.54, 1.807) is 0 Å². The molecule has 1 aliphatic heterocycles. The van der Waals surface area contributed by atoms with Crippen molar-refractivity contribution in [3.05, 3.63) is 35.9 Å². The minimum Gasteiger partial charge on any atom is -0.446 e. The van der Waals surface area contributed by atoms with Crippen LogP contribution in [0.2, 0.25) is 0 Å². The molecule has 16 heavy (non-hydrogen) atoms. The van der Waals surface area contributed by atoms with Crippen LogP contribution in [0.3, 0.4) is 0 Å². The maximum absolute atomic E-state index is 11.6. The standard InChI is InChI=1S/C11H12N2O3/c14-10(8-9-4-2-1-3-5-9)12-13-6-7-16-11(13)15/h1-5H,6-8H2,(H,12,14). The molecule has 0 atom stereocenters. The average molecular weight is 220 g/mol. The fraction of sp³-hybridized carbons (Fsp3) is 0.273. The largest absolute Gasteiger partial charge is 0.446 e. The van der Waals surface area contributed by atoms with Gasteiger partial charge in [0.1, 0.15) is 6.61 Å². The van der Waals surface area contributed by atoms with Gasteiger partial charge in [-0.05, 0) is 5.56 Å². The minimum absolute atomic E-state index is 0.218. The van der Waals surface area contributed by atoms with Gasteiger partial charge < -0.3 is 4.74 Å². The molecule has 1 heterocycles. The first kappa shape index (κ1) is 10.5. The van der Waals surface area contributed by atoms with Crippen molar-refractivity contribution in [2.45, 2.75) is 6.42 Å². The highest BCUT2D eigenvalue weighted by Crippen LogP contribution is 2.02. The third kappa shape index (κ3) is 2.50. The van der Waals surface area contributed by atoms with Crippen LogP contribution >= 0.6 is 0 Å². The molecule has 1 aromatic carbocycles. The molecule has 0 aromatic heterocycles. The highest BCUT2D eigenvalue weighted by Gasteiger charge is 2.23. The Labute approximate surface area is 93.0 Å². The second-order valence-corrected chi connectivity index (χ2v) is 3.46. The Hall–Kier alpha value is -2.04. The van der Waals surface area contributed by atoms with Crippen LogP contribution in [0, 0.1) is 0 Å². The maximum atomic E-state index is 11.6. The number of ether oxygens (including phenoxy) is 1. The molecule has 1 fully saturated rings. The number of hydrogen-bond acceptors (Lipinski definition) is 3. The quantitative estimate of drug-likeness (QED) is 0.816. The van der Waals surface area contributed by atoms with Crippen molar-refractivity contribution in [2.75, 3.05) is 13.2 Å². The molecule has 1 N–H and O–H groups in total. The van der Waals surface area contributed by atoms with Gasteiger partial charge in [0.15, 0.2) is 0 Å². The summed E-state index contributed by atoms with van der Waals surface area (Å²) in [5.74, 6) is -0.218. The van der Waals surface area contributed by atoms with E-state index in [4.69, 9.17) is 0 Å². The van der Waals surface area contributed by atoms with Gasteiger partial charge in [-0.1, -0.05) is 30.3 Å². The van der Waals surface area contributed by atoms with E-state index >= 15 is 0 Å². The molecular formula is C11H12N2O3. The van der Waals surface area contributed by atoms with Crippen LogP contribution in [-0.2, 0) is 16.0 Å². The Morgan fingerprint density at radius 3 is 2.75 bits per heavy atom. The Morgan fingerprint density at radius 1 is 1.38 bits per heavy atom. The lowest BCUT2D eigenvalue weighted by Gasteiger charge is -2.13. The van der Waals surface area contributed by atoms with Gasteiger partial charge in [-0.2, -0.15) is 0 Å². The number of hydrazine groups is 1. The predicted molar refractivity (Wildman–Crippen MR) is 56.3 cm³/mol. The third-order valence-electron chi connectivity index (χ3n) is 2.23. The summed E-state index contributed by atoms with van der Waals surface area (Å²) < 4.78 is 4.69. The number of carbonyl (C=O) groups is 2. The number of cyclic esters (lactones) is 1. The summed E-state index contributed by atoms with van der Waals surface area (Å²) in [6.45, 7) is 0.726. The molecule has 5 heteroatoms. The van der Waals surface area contributed by atoms with Crippen LogP contribution in [0.1, 0.15) is 5.56 Å². The summed E-state index contributed by atoms with van der Waals surface area (Å²) in [4.78, 5) is 22.6. The van der Waals surface area contributed by atoms with Gasteiger partial charge >= 0.3 is 6.09 Å². The molecule has 1 aromatic rings. The maximum Gasteiger partial charge on any atom is 0.428 e. The van der Waals surface area contributed by atoms with E-state index in [9.17, 15) is 9.59 Å². The third-order valence-corrected chi connectivity index (χ3v) is 2.23. The topological polar surface area (TPSA) is 58.6 Å². The molecule has 5 nitrogen and oxygen atoms in total. The molecule has 2 amide bonds. The van der Waals surface area contributed by atoms with Gasteiger partial charge in [0.25, 0.3) is 0 Å². The van der Waals surface area contributed by atoms with E-state index < -0.39 is 6.09 Å².